The van der Waals surface area contributed by atoms with E-state index in [1.54, 1.807) is 28.4 Å². The number of halogens is 1. The van der Waals surface area contributed by atoms with Crippen LogP contribution in [-0.4, -0.2) is 95.2 Å². The molecule has 1 saturated heterocycles. The maximum Gasteiger partial charge on any atom is 0.253 e. The minimum atomic E-state index is -3.74. The standard InChI is InChI=1S/C25H31ClN4O5S2/c1-18-21(26)8-9-22-23(18)27-25(36-22)29-12-10-28(11-13-29)24(31)19-4-6-20(7-5-19)37(32,33)30(14-16-34-2)15-17-35-3/h4-9H,10-17H2,1-3H3. The van der Waals surface area contributed by atoms with Crippen LogP contribution in [0.1, 0.15) is 15.9 Å². The maximum absolute atomic E-state index is 13.1. The molecule has 0 aliphatic carbocycles. The summed E-state index contributed by atoms with van der Waals surface area (Å²) < 4.78 is 38.7. The molecular formula is C25H31ClN4O5S2. The van der Waals surface area contributed by atoms with E-state index in [0.717, 1.165) is 20.9 Å². The number of carbonyl (C=O) groups excluding carboxylic acids is 1. The van der Waals surface area contributed by atoms with Crippen molar-refractivity contribution in [3.8, 4) is 0 Å². The Morgan fingerprint density at radius 3 is 2.24 bits per heavy atom. The van der Waals surface area contributed by atoms with E-state index >= 15 is 0 Å². The number of methoxy groups -OCH3 is 2. The molecule has 0 unspecified atom stereocenters. The van der Waals surface area contributed by atoms with Crippen LogP contribution < -0.4 is 4.90 Å². The fourth-order valence-corrected chi connectivity index (χ4v) is 6.80. The monoisotopic (exact) mass is 566 g/mol. The van der Waals surface area contributed by atoms with Crippen LogP contribution in [0.4, 0.5) is 5.13 Å². The van der Waals surface area contributed by atoms with Gasteiger partial charge in [-0.15, -0.1) is 0 Å². The first-order valence-corrected chi connectivity index (χ1v) is 14.6. The van der Waals surface area contributed by atoms with Gasteiger partial charge >= 0.3 is 0 Å². The first-order chi connectivity index (χ1) is 17.8. The molecule has 1 aromatic heterocycles. The molecule has 0 N–H and O–H groups in total. The van der Waals surface area contributed by atoms with Gasteiger partial charge in [-0.2, -0.15) is 4.31 Å². The molecular weight excluding hydrogens is 536 g/mol. The van der Waals surface area contributed by atoms with Gasteiger partial charge < -0.3 is 19.3 Å². The third-order valence-corrected chi connectivity index (χ3v) is 9.81. The van der Waals surface area contributed by atoms with Crippen molar-refractivity contribution in [3.63, 3.8) is 0 Å². The zero-order valence-electron chi connectivity index (χ0n) is 21.1. The highest BCUT2D eigenvalue weighted by atomic mass is 35.5. The first kappa shape index (κ1) is 27.7. The molecule has 0 spiro atoms. The predicted octanol–water partition coefficient (Wildman–Crippen LogP) is 3.50. The van der Waals surface area contributed by atoms with Gasteiger partial charge in [0.25, 0.3) is 5.91 Å². The molecule has 0 atom stereocenters. The second-order valence-electron chi connectivity index (χ2n) is 8.71. The summed E-state index contributed by atoms with van der Waals surface area (Å²) in [6, 6.07) is 10.0. The van der Waals surface area contributed by atoms with E-state index in [0.29, 0.717) is 36.8 Å². The Morgan fingerprint density at radius 2 is 1.65 bits per heavy atom. The predicted molar refractivity (Wildman–Crippen MR) is 146 cm³/mol. The second-order valence-corrected chi connectivity index (χ2v) is 12.1. The Hall–Kier alpha value is -2.28. The lowest BCUT2D eigenvalue weighted by Gasteiger charge is -2.34. The topological polar surface area (TPSA) is 92.3 Å². The summed E-state index contributed by atoms with van der Waals surface area (Å²) in [4.78, 5) is 22.0. The fourth-order valence-electron chi connectivity index (χ4n) is 4.16. The summed E-state index contributed by atoms with van der Waals surface area (Å²) in [5, 5.41) is 1.63. The van der Waals surface area contributed by atoms with Crippen LogP contribution in [0, 0.1) is 6.92 Å². The van der Waals surface area contributed by atoms with Gasteiger partial charge in [0.2, 0.25) is 10.0 Å². The molecule has 3 aromatic rings. The Bertz CT molecular complexity index is 1330. The van der Waals surface area contributed by atoms with Crippen molar-refractivity contribution in [1.82, 2.24) is 14.2 Å². The Morgan fingerprint density at radius 1 is 1.03 bits per heavy atom. The average molecular weight is 567 g/mol. The highest BCUT2D eigenvalue weighted by Crippen LogP contribution is 2.34. The van der Waals surface area contributed by atoms with Crippen LogP contribution in [-0.2, 0) is 19.5 Å². The van der Waals surface area contributed by atoms with E-state index in [2.05, 4.69) is 4.90 Å². The first-order valence-electron chi connectivity index (χ1n) is 11.9. The van der Waals surface area contributed by atoms with Crippen LogP contribution in [0.3, 0.4) is 0 Å². The van der Waals surface area contributed by atoms with Crippen molar-refractivity contribution in [2.24, 2.45) is 0 Å². The molecule has 12 heteroatoms. The third-order valence-electron chi connectivity index (χ3n) is 6.40. The number of rotatable bonds is 10. The van der Waals surface area contributed by atoms with E-state index in [4.69, 9.17) is 26.1 Å². The van der Waals surface area contributed by atoms with Gasteiger partial charge in [-0.05, 0) is 48.9 Å². The molecule has 0 bridgehead atoms. The number of sulfonamides is 1. The van der Waals surface area contributed by atoms with Crippen molar-refractivity contribution >= 4 is 54.2 Å². The Balaban J connectivity index is 1.40. The van der Waals surface area contributed by atoms with E-state index in [9.17, 15) is 13.2 Å². The molecule has 2 aromatic carbocycles. The molecule has 9 nitrogen and oxygen atoms in total. The minimum absolute atomic E-state index is 0.119. The van der Waals surface area contributed by atoms with Crippen LogP contribution in [0.2, 0.25) is 5.02 Å². The van der Waals surface area contributed by atoms with Crippen molar-refractivity contribution in [2.75, 3.05) is 71.6 Å². The van der Waals surface area contributed by atoms with Crippen LogP contribution in [0.25, 0.3) is 10.2 Å². The summed E-state index contributed by atoms with van der Waals surface area (Å²) in [7, 11) is -0.690. The maximum atomic E-state index is 13.1. The number of thiazole rings is 1. The lowest BCUT2D eigenvalue weighted by Crippen LogP contribution is -2.48. The molecule has 1 aliphatic heterocycles. The van der Waals surface area contributed by atoms with Crippen LogP contribution in [0.15, 0.2) is 41.3 Å². The Labute approximate surface area is 226 Å². The van der Waals surface area contributed by atoms with Gasteiger partial charge in [-0.1, -0.05) is 22.9 Å². The normalized spacial score (nSPS) is 14.6. The number of aromatic nitrogens is 1. The lowest BCUT2D eigenvalue weighted by molar-refractivity contribution is 0.0746. The summed E-state index contributed by atoms with van der Waals surface area (Å²) in [6.07, 6.45) is 0. The summed E-state index contributed by atoms with van der Waals surface area (Å²) in [5.41, 5.74) is 2.35. The molecule has 200 valence electrons. The van der Waals surface area contributed by atoms with Crippen molar-refractivity contribution in [2.45, 2.75) is 11.8 Å². The van der Waals surface area contributed by atoms with Gasteiger partial charge in [0, 0.05) is 64.1 Å². The quantitative estimate of drug-likeness (QED) is 0.371. The lowest BCUT2D eigenvalue weighted by atomic mass is 10.2. The molecule has 1 aliphatic rings. The number of benzene rings is 2. The second kappa shape index (κ2) is 12.1. The summed E-state index contributed by atoms with van der Waals surface area (Å²) in [5.74, 6) is -0.119. The summed E-state index contributed by atoms with van der Waals surface area (Å²) >= 11 is 7.87. The number of ether oxygens (including phenoxy) is 2. The molecule has 37 heavy (non-hydrogen) atoms. The molecule has 4 rings (SSSR count). The van der Waals surface area contributed by atoms with Gasteiger partial charge in [0.1, 0.15) is 0 Å². The number of hydrogen-bond donors (Lipinski definition) is 0. The zero-order chi connectivity index (χ0) is 26.6. The zero-order valence-corrected chi connectivity index (χ0v) is 23.5. The van der Waals surface area contributed by atoms with E-state index < -0.39 is 10.0 Å². The Kier molecular flexibility index (Phi) is 9.04. The largest absolute Gasteiger partial charge is 0.383 e. The average Bonchev–Trinajstić information content (AvgIpc) is 3.36. The van der Waals surface area contributed by atoms with E-state index in [1.165, 1.54) is 30.7 Å². The molecule has 2 heterocycles. The SMILES string of the molecule is COCCN(CCOC)S(=O)(=O)c1ccc(C(=O)N2CCN(c3nc4c(C)c(Cl)ccc4s3)CC2)cc1. The number of aryl methyl sites for hydroxylation is 1. The molecule has 1 fully saturated rings. The number of amides is 1. The van der Waals surface area contributed by atoms with Gasteiger partial charge in [-0.25, -0.2) is 13.4 Å². The molecule has 1 amide bonds. The highest BCUT2D eigenvalue weighted by molar-refractivity contribution is 7.89. The third kappa shape index (κ3) is 6.08. The van der Waals surface area contributed by atoms with E-state index in [-0.39, 0.29) is 37.1 Å². The number of hydrogen-bond acceptors (Lipinski definition) is 8. The van der Waals surface area contributed by atoms with Crippen LogP contribution >= 0.6 is 22.9 Å². The summed E-state index contributed by atoms with van der Waals surface area (Å²) in [6.45, 7) is 5.39. The van der Waals surface area contributed by atoms with Crippen molar-refractivity contribution in [1.29, 1.82) is 0 Å². The van der Waals surface area contributed by atoms with Gasteiger partial charge in [0.05, 0.1) is 28.3 Å². The van der Waals surface area contributed by atoms with E-state index in [1.807, 2.05) is 19.1 Å². The molecule has 0 saturated carbocycles. The number of carbonyl (C=O) groups is 1. The van der Waals surface area contributed by atoms with Gasteiger partial charge in [-0.3, -0.25) is 4.79 Å². The number of anilines is 1. The number of piperazine rings is 1. The van der Waals surface area contributed by atoms with Gasteiger partial charge in [0.15, 0.2) is 5.13 Å². The van der Waals surface area contributed by atoms with Crippen LogP contribution in [0.5, 0.6) is 0 Å². The smallest absolute Gasteiger partial charge is 0.253 e. The number of nitrogens with zero attached hydrogens (tertiary/aromatic N) is 4. The highest BCUT2D eigenvalue weighted by Gasteiger charge is 2.27. The molecule has 0 radical (unpaired) electrons. The van der Waals surface area contributed by atoms with Crippen molar-refractivity contribution in [3.05, 3.63) is 52.5 Å². The minimum Gasteiger partial charge on any atom is -0.383 e. The number of fused-ring (bicyclic) bond motifs is 1. The fraction of sp³-hybridized carbons (Fsp3) is 0.440. The van der Waals surface area contributed by atoms with Crippen molar-refractivity contribution < 1.29 is 22.7 Å².